The lowest BCUT2D eigenvalue weighted by Gasteiger charge is -2.28. The average molecular weight is 759 g/mol. The van der Waals surface area contributed by atoms with Gasteiger partial charge in [-0.2, -0.15) is 0 Å². The van der Waals surface area contributed by atoms with Crippen molar-refractivity contribution in [1.29, 1.82) is 0 Å². The van der Waals surface area contributed by atoms with E-state index in [2.05, 4.69) is 217 Å². The maximum atomic E-state index is 2.49. The Morgan fingerprint density at radius 2 is 1.12 bits per heavy atom. The Kier molecular flexibility index (Phi) is 7.18. The van der Waals surface area contributed by atoms with Crippen molar-refractivity contribution in [3.05, 3.63) is 205 Å². The Balaban J connectivity index is 1.05. The van der Waals surface area contributed by atoms with E-state index >= 15 is 0 Å². The van der Waals surface area contributed by atoms with E-state index in [-0.39, 0.29) is 5.41 Å². The van der Waals surface area contributed by atoms with Crippen molar-refractivity contribution in [3.63, 3.8) is 0 Å². The van der Waals surface area contributed by atoms with Gasteiger partial charge in [-0.1, -0.05) is 153 Å². The van der Waals surface area contributed by atoms with Crippen molar-refractivity contribution >= 4 is 81.1 Å². The van der Waals surface area contributed by atoms with Gasteiger partial charge in [-0.05, 0) is 98.8 Å². The van der Waals surface area contributed by atoms with Gasteiger partial charge in [0.15, 0.2) is 0 Å². The Morgan fingerprint density at radius 1 is 0.448 bits per heavy atom. The van der Waals surface area contributed by atoms with Gasteiger partial charge in [0.25, 0.3) is 0 Å². The smallest absolute Gasteiger partial charge is 0.0640 e. The van der Waals surface area contributed by atoms with Crippen LogP contribution in [-0.4, -0.2) is 4.57 Å². The molecule has 0 radical (unpaired) electrons. The molecule has 0 atom stereocenters. The number of fused-ring (bicyclic) bond motifs is 11. The van der Waals surface area contributed by atoms with E-state index in [0.717, 1.165) is 17.1 Å². The first-order valence-electron chi connectivity index (χ1n) is 20.1. The van der Waals surface area contributed by atoms with Gasteiger partial charge >= 0.3 is 0 Å². The second kappa shape index (κ2) is 12.5. The molecule has 2 heterocycles. The summed E-state index contributed by atoms with van der Waals surface area (Å²) in [6.45, 7) is 4.72. The third-order valence-electron chi connectivity index (χ3n) is 12.6. The number of hydrogen-bond acceptors (Lipinski definition) is 2. The summed E-state index contributed by atoms with van der Waals surface area (Å²) in [5.74, 6) is 0. The molecule has 1 aliphatic rings. The van der Waals surface area contributed by atoms with E-state index in [1.54, 1.807) is 0 Å². The lowest BCUT2D eigenvalue weighted by molar-refractivity contribution is 0.660. The third kappa shape index (κ3) is 4.84. The lowest BCUT2D eigenvalue weighted by atomic mass is 9.82. The van der Waals surface area contributed by atoms with Crippen LogP contribution in [0.2, 0.25) is 0 Å². The molecule has 2 aromatic heterocycles. The van der Waals surface area contributed by atoms with Crippen LogP contribution < -0.4 is 4.90 Å². The van der Waals surface area contributed by atoms with E-state index in [0.29, 0.717) is 0 Å². The van der Waals surface area contributed by atoms with Gasteiger partial charge in [-0.3, -0.25) is 0 Å². The van der Waals surface area contributed by atoms with E-state index in [1.165, 1.54) is 91.8 Å². The van der Waals surface area contributed by atoms with Crippen LogP contribution in [0, 0.1) is 0 Å². The normalized spacial score (nSPS) is 13.1. The zero-order chi connectivity index (χ0) is 38.5. The van der Waals surface area contributed by atoms with Crippen molar-refractivity contribution in [3.8, 4) is 27.9 Å². The zero-order valence-electron chi connectivity index (χ0n) is 32.3. The fourth-order valence-corrected chi connectivity index (χ4v) is 11.0. The summed E-state index contributed by atoms with van der Waals surface area (Å²) in [7, 11) is 0. The molecule has 0 spiro atoms. The molecule has 0 unspecified atom stereocenters. The number of rotatable bonds is 5. The van der Waals surface area contributed by atoms with Gasteiger partial charge < -0.3 is 9.47 Å². The summed E-state index contributed by atoms with van der Waals surface area (Å²) in [6.07, 6.45) is 0. The predicted octanol–water partition coefficient (Wildman–Crippen LogP) is 15.7. The van der Waals surface area contributed by atoms with Crippen LogP contribution in [0.3, 0.4) is 0 Å². The number of anilines is 3. The van der Waals surface area contributed by atoms with E-state index in [9.17, 15) is 0 Å². The summed E-state index contributed by atoms with van der Waals surface area (Å²) in [5.41, 5.74) is 14.9. The van der Waals surface area contributed by atoms with E-state index < -0.39 is 0 Å². The van der Waals surface area contributed by atoms with Gasteiger partial charge in [0.2, 0.25) is 0 Å². The summed E-state index contributed by atoms with van der Waals surface area (Å²) in [4.78, 5) is 2.44. The van der Waals surface area contributed by atoms with Crippen LogP contribution in [0.1, 0.15) is 25.0 Å². The highest BCUT2D eigenvalue weighted by Gasteiger charge is 2.35. The molecule has 0 saturated carbocycles. The topological polar surface area (TPSA) is 8.17 Å². The minimum Gasteiger partial charge on any atom is -0.310 e. The molecule has 274 valence electrons. The molecule has 58 heavy (non-hydrogen) atoms. The third-order valence-corrected chi connectivity index (χ3v) is 13.8. The Hall–Kier alpha value is -6.94. The summed E-state index contributed by atoms with van der Waals surface area (Å²) in [6, 6.07) is 71.7. The van der Waals surface area contributed by atoms with Crippen molar-refractivity contribution in [1.82, 2.24) is 4.57 Å². The maximum Gasteiger partial charge on any atom is 0.0640 e. The highest BCUT2D eigenvalue weighted by atomic mass is 32.1. The standard InChI is InChI=1S/C55H38N2S/c1-55(2)47-20-10-8-17-42(47)43-30-28-39(33-48(43)55)56(38-26-23-36(24-27-38)35-13-4-3-5-14-35)40-29-31-44-45-19-12-22-51(54(45)58-52(44)34-40)57-49-21-11-9-18-46(49)53-41-16-7-6-15-37(41)25-32-50(53)57/h3-34H,1-2H3. The predicted molar refractivity (Wildman–Crippen MR) is 249 cm³/mol. The number of hydrogen-bond donors (Lipinski definition) is 0. The molecule has 12 rings (SSSR count). The van der Waals surface area contributed by atoms with Crippen molar-refractivity contribution in [2.75, 3.05) is 4.90 Å². The second-order valence-corrected chi connectivity index (χ2v) is 17.2. The van der Waals surface area contributed by atoms with Gasteiger partial charge in [-0.25, -0.2) is 0 Å². The molecule has 2 nitrogen and oxygen atoms in total. The quantitative estimate of drug-likeness (QED) is 0.170. The number of thiophene rings is 1. The molecular weight excluding hydrogens is 721 g/mol. The van der Waals surface area contributed by atoms with Crippen LogP contribution in [-0.2, 0) is 5.41 Å². The summed E-state index contributed by atoms with van der Waals surface area (Å²) >= 11 is 1.89. The number of nitrogens with zero attached hydrogens (tertiary/aromatic N) is 2. The van der Waals surface area contributed by atoms with Gasteiger partial charge in [0.05, 0.1) is 21.4 Å². The number of aromatic nitrogens is 1. The average Bonchev–Trinajstić information content (AvgIpc) is 3.90. The molecular formula is C55H38N2S. The first-order valence-corrected chi connectivity index (χ1v) is 20.9. The highest BCUT2D eigenvalue weighted by molar-refractivity contribution is 7.26. The Bertz CT molecular complexity index is 3420. The Labute approximate surface area is 341 Å². The van der Waals surface area contributed by atoms with Crippen LogP contribution in [0.5, 0.6) is 0 Å². The number of para-hydroxylation sites is 1. The molecule has 11 aromatic rings. The van der Waals surface area contributed by atoms with Crippen LogP contribution in [0.15, 0.2) is 194 Å². The summed E-state index contributed by atoms with van der Waals surface area (Å²) in [5, 5.41) is 7.71. The molecule has 0 aliphatic heterocycles. The zero-order valence-corrected chi connectivity index (χ0v) is 33.1. The van der Waals surface area contributed by atoms with E-state index in [1.807, 2.05) is 11.3 Å². The molecule has 9 aromatic carbocycles. The Morgan fingerprint density at radius 3 is 2.00 bits per heavy atom. The largest absolute Gasteiger partial charge is 0.310 e. The van der Waals surface area contributed by atoms with Gasteiger partial charge in [0, 0.05) is 48.7 Å². The SMILES string of the molecule is CC1(C)c2ccccc2-c2ccc(N(c3ccc(-c4ccccc4)cc3)c3ccc4c(c3)sc3c(-n5c6ccccc6c6c7ccccc7ccc65)cccc34)cc21. The monoisotopic (exact) mass is 758 g/mol. The van der Waals surface area contributed by atoms with Crippen LogP contribution in [0.4, 0.5) is 17.1 Å². The second-order valence-electron chi connectivity index (χ2n) is 16.1. The van der Waals surface area contributed by atoms with Crippen molar-refractivity contribution < 1.29 is 0 Å². The highest BCUT2D eigenvalue weighted by Crippen LogP contribution is 2.51. The molecule has 0 saturated heterocycles. The molecule has 0 fully saturated rings. The lowest BCUT2D eigenvalue weighted by Crippen LogP contribution is -2.16. The minimum absolute atomic E-state index is 0.101. The molecule has 0 N–H and O–H groups in total. The fourth-order valence-electron chi connectivity index (χ4n) is 9.80. The fraction of sp³-hybridized carbons (Fsp3) is 0.0545. The van der Waals surface area contributed by atoms with E-state index in [4.69, 9.17) is 0 Å². The number of benzene rings is 9. The van der Waals surface area contributed by atoms with Crippen LogP contribution in [0.25, 0.3) is 80.7 Å². The first kappa shape index (κ1) is 33.2. The first-order chi connectivity index (χ1) is 28.5. The molecule has 0 bridgehead atoms. The molecule has 3 heteroatoms. The molecule has 1 aliphatic carbocycles. The molecule has 0 amide bonds. The maximum absolute atomic E-state index is 2.49. The minimum atomic E-state index is -0.101. The van der Waals surface area contributed by atoms with Crippen molar-refractivity contribution in [2.45, 2.75) is 19.3 Å². The van der Waals surface area contributed by atoms with Gasteiger partial charge in [0.1, 0.15) is 0 Å². The van der Waals surface area contributed by atoms with Gasteiger partial charge in [-0.15, -0.1) is 11.3 Å². The van der Waals surface area contributed by atoms with Crippen LogP contribution >= 0.6 is 11.3 Å². The van der Waals surface area contributed by atoms with Crippen molar-refractivity contribution in [2.24, 2.45) is 0 Å². The summed E-state index contributed by atoms with van der Waals surface area (Å²) < 4.78 is 5.05.